The second-order valence-electron chi connectivity index (χ2n) is 4.45. The highest BCUT2D eigenvalue weighted by Gasteiger charge is 2.21. The molecule has 0 fully saturated rings. The summed E-state index contributed by atoms with van der Waals surface area (Å²) in [5, 5.41) is 3.40. The van der Waals surface area contributed by atoms with Gasteiger partial charge in [-0.2, -0.15) is 0 Å². The third kappa shape index (κ3) is 2.14. The van der Waals surface area contributed by atoms with E-state index in [1.54, 1.807) is 0 Å². The van der Waals surface area contributed by atoms with Gasteiger partial charge in [-0.3, -0.25) is 4.99 Å². The normalized spacial score (nSPS) is 14.4. The molecular formula is C16H16N2. The van der Waals surface area contributed by atoms with Gasteiger partial charge in [-0.25, -0.2) is 0 Å². The fraction of sp³-hybridized carbons (Fsp3) is 0.188. The Labute approximate surface area is 107 Å². The molecule has 3 rings (SSSR count). The number of hydrogen-bond acceptors (Lipinski definition) is 2. The number of benzene rings is 2. The Bertz CT molecular complexity index is 492. The molecule has 2 nitrogen and oxygen atoms in total. The number of amidine groups is 1. The first-order chi connectivity index (χ1) is 8.95. The Kier molecular flexibility index (Phi) is 3.09. The second-order valence-corrected chi connectivity index (χ2v) is 4.45. The van der Waals surface area contributed by atoms with Crippen LogP contribution in [0, 0.1) is 0 Å². The first-order valence-corrected chi connectivity index (χ1v) is 6.33. The maximum absolute atomic E-state index is 4.59. The molecule has 0 amide bonds. The van der Waals surface area contributed by atoms with Crippen molar-refractivity contribution >= 4 is 5.84 Å². The van der Waals surface area contributed by atoms with Crippen LogP contribution >= 0.6 is 0 Å². The zero-order chi connectivity index (χ0) is 12.2. The molecule has 0 unspecified atom stereocenters. The smallest absolute Gasteiger partial charge is 0.108 e. The van der Waals surface area contributed by atoms with Crippen LogP contribution in [0.3, 0.4) is 0 Å². The number of nitrogens with one attached hydrogen (secondary N) is 1. The quantitative estimate of drug-likeness (QED) is 0.870. The molecule has 0 bridgehead atoms. The molecule has 1 aliphatic heterocycles. The highest BCUT2D eigenvalue weighted by Crippen LogP contribution is 2.26. The van der Waals surface area contributed by atoms with E-state index in [0.29, 0.717) is 0 Å². The molecule has 2 heteroatoms. The van der Waals surface area contributed by atoms with Crippen LogP contribution in [0.2, 0.25) is 0 Å². The number of hydrogen-bond donors (Lipinski definition) is 1. The van der Waals surface area contributed by atoms with Crippen LogP contribution in [0.25, 0.3) is 0 Å². The monoisotopic (exact) mass is 236 g/mol. The summed E-state index contributed by atoms with van der Waals surface area (Å²) in [6, 6.07) is 21.1. The van der Waals surface area contributed by atoms with Gasteiger partial charge in [-0.05, 0) is 11.1 Å². The lowest BCUT2D eigenvalue weighted by Gasteiger charge is -2.18. The molecule has 0 atom stereocenters. The van der Waals surface area contributed by atoms with E-state index in [1.807, 2.05) is 0 Å². The van der Waals surface area contributed by atoms with Crippen molar-refractivity contribution in [1.29, 1.82) is 0 Å². The molecule has 0 saturated carbocycles. The van der Waals surface area contributed by atoms with Gasteiger partial charge in [-0.1, -0.05) is 60.7 Å². The third-order valence-corrected chi connectivity index (χ3v) is 3.24. The predicted octanol–water partition coefficient (Wildman–Crippen LogP) is 2.82. The fourth-order valence-electron chi connectivity index (χ4n) is 2.41. The van der Waals surface area contributed by atoms with Crippen LogP contribution in [-0.4, -0.2) is 18.9 Å². The molecule has 0 spiro atoms. The summed E-state index contributed by atoms with van der Waals surface area (Å²) in [7, 11) is 0. The first-order valence-electron chi connectivity index (χ1n) is 6.33. The lowest BCUT2D eigenvalue weighted by Crippen LogP contribution is -2.26. The van der Waals surface area contributed by atoms with Crippen LogP contribution in [0.5, 0.6) is 0 Å². The van der Waals surface area contributed by atoms with Crippen LogP contribution in [0.4, 0.5) is 0 Å². The van der Waals surface area contributed by atoms with Crippen LogP contribution in [0.15, 0.2) is 65.7 Å². The van der Waals surface area contributed by atoms with Gasteiger partial charge >= 0.3 is 0 Å². The topological polar surface area (TPSA) is 24.4 Å². The van der Waals surface area contributed by atoms with Crippen molar-refractivity contribution in [3.05, 3.63) is 71.8 Å². The minimum absolute atomic E-state index is 0.231. The molecule has 2 aromatic carbocycles. The SMILES string of the molecule is c1ccc(C(C2=NCCN2)c2ccccc2)cc1. The van der Waals surface area contributed by atoms with E-state index in [0.717, 1.165) is 18.9 Å². The van der Waals surface area contributed by atoms with Gasteiger partial charge in [0.1, 0.15) is 5.84 Å². The summed E-state index contributed by atoms with van der Waals surface area (Å²) in [5.74, 6) is 1.32. The van der Waals surface area contributed by atoms with E-state index in [-0.39, 0.29) is 5.92 Å². The first kappa shape index (κ1) is 11.0. The fourth-order valence-corrected chi connectivity index (χ4v) is 2.41. The van der Waals surface area contributed by atoms with Crippen LogP contribution in [-0.2, 0) is 0 Å². The van der Waals surface area contributed by atoms with E-state index in [2.05, 4.69) is 71.0 Å². The summed E-state index contributed by atoms with van der Waals surface area (Å²) in [4.78, 5) is 4.59. The minimum Gasteiger partial charge on any atom is -0.371 e. The van der Waals surface area contributed by atoms with Gasteiger partial charge in [0.25, 0.3) is 0 Å². The van der Waals surface area contributed by atoms with Gasteiger partial charge in [0.2, 0.25) is 0 Å². The molecular weight excluding hydrogens is 220 g/mol. The molecule has 1 N–H and O–H groups in total. The van der Waals surface area contributed by atoms with Crippen molar-refractivity contribution in [3.63, 3.8) is 0 Å². The highest BCUT2D eigenvalue weighted by molar-refractivity contribution is 5.93. The van der Waals surface area contributed by atoms with Gasteiger partial charge in [-0.15, -0.1) is 0 Å². The Morgan fingerprint density at radius 2 is 1.39 bits per heavy atom. The third-order valence-electron chi connectivity index (χ3n) is 3.24. The lowest BCUT2D eigenvalue weighted by atomic mass is 9.90. The summed E-state index contributed by atoms with van der Waals surface area (Å²) >= 11 is 0. The average Bonchev–Trinajstić information content (AvgIpc) is 2.95. The van der Waals surface area contributed by atoms with Gasteiger partial charge < -0.3 is 5.32 Å². The summed E-state index contributed by atoms with van der Waals surface area (Å²) in [5.41, 5.74) is 2.58. The second kappa shape index (κ2) is 5.05. The number of aliphatic imine (C=N–C) groups is 1. The summed E-state index contributed by atoms with van der Waals surface area (Å²) < 4.78 is 0. The van der Waals surface area contributed by atoms with Gasteiger partial charge in [0.15, 0.2) is 0 Å². The van der Waals surface area contributed by atoms with Crippen molar-refractivity contribution in [3.8, 4) is 0 Å². The van der Waals surface area contributed by atoms with E-state index in [1.165, 1.54) is 11.1 Å². The van der Waals surface area contributed by atoms with Crippen molar-refractivity contribution in [2.24, 2.45) is 4.99 Å². The lowest BCUT2D eigenvalue weighted by molar-refractivity contribution is 0.935. The Balaban J connectivity index is 2.04. The standard InChI is InChI=1S/C16H16N2/c1-3-7-13(8-4-1)15(16-17-11-12-18-16)14-9-5-2-6-10-14/h1-10,15H,11-12H2,(H,17,18). The van der Waals surface area contributed by atoms with E-state index in [4.69, 9.17) is 0 Å². The van der Waals surface area contributed by atoms with Crippen molar-refractivity contribution in [2.75, 3.05) is 13.1 Å². The van der Waals surface area contributed by atoms with E-state index in [9.17, 15) is 0 Å². The van der Waals surface area contributed by atoms with Crippen molar-refractivity contribution < 1.29 is 0 Å². The van der Waals surface area contributed by atoms with Crippen LogP contribution < -0.4 is 5.32 Å². The zero-order valence-corrected chi connectivity index (χ0v) is 10.2. The van der Waals surface area contributed by atoms with E-state index >= 15 is 0 Å². The molecule has 0 aromatic heterocycles. The molecule has 18 heavy (non-hydrogen) atoms. The summed E-state index contributed by atoms with van der Waals surface area (Å²) in [6.07, 6.45) is 0. The maximum Gasteiger partial charge on any atom is 0.108 e. The minimum atomic E-state index is 0.231. The molecule has 0 radical (unpaired) electrons. The maximum atomic E-state index is 4.59. The Morgan fingerprint density at radius 3 is 1.83 bits per heavy atom. The number of rotatable bonds is 3. The molecule has 1 heterocycles. The molecule has 2 aromatic rings. The highest BCUT2D eigenvalue weighted by atomic mass is 15.1. The van der Waals surface area contributed by atoms with Crippen molar-refractivity contribution in [2.45, 2.75) is 5.92 Å². The van der Waals surface area contributed by atoms with Crippen molar-refractivity contribution in [1.82, 2.24) is 5.32 Å². The van der Waals surface area contributed by atoms with Gasteiger partial charge in [0, 0.05) is 6.54 Å². The average molecular weight is 236 g/mol. The molecule has 0 aliphatic carbocycles. The zero-order valence-electron chi connectivity index (χ0n) is 10.2. The largest absolute Gasteiger partial charge is 0.371 e. The summed E-state index contributed by atoms with van der Waals surface area (Å²) in [6.45, 7) is 1.83. The van der Waals surface area contributed by atoms with Crippen LogP contribution in [0.1, 0.15) is 17.0 Å². The molecule has 1 aliphatic rings. The molecule has 0 saturated heterocycles. The predicted molar refractivity (Wildman–Crippen MR) is 75.0 cm³/mol. The van der Waals surface area contributed by atoms with E-state index < -0.39 is 0 Å². The Hall–Kier alpha value is -2.09. The Morgan fingerprint density at radius 1 is 0.833 bits per heavy atom. The van der Waals surface area contributed by atoms with Gasteiger partial charge in [0.05, 0.1) is 12.5 Å². The molecule has 90 valence electrons. The number of nitrogens with zero attached hydrogens (tertiary/aromatic N) is 1.